The van der Waals surface area contributed by atoms with Gasteiger partial charge < -0.3 is 9.15 Å². The minimum absolute atomic E-state index is 0.257. The lowest BCUT2D eigenvalue weighted by Crippen LogP contribution is -2.06. The average Bonchev–Trinajstić information content (AvgIpc) is 3.33. The second-order valence-corrected chi connectivity index (χ2v) is 8.34. The highest BCUT2D eigenvalue weighted by Crippen LogP contribution is 2.25. The molecular formula is C22H17BrN2O3S. The number of carbonyl (C=O) groups excluding carboxylic acids is 1. The van der Waals surface area contributed by atoms with Gasteiger partial charge in [-0.2, -0.15) is 0 Å². The van der Waals surface area contributed by atoms with Gasteiger partial charge in [0.2, 0.25) is 5.91 Å². The molecule has 146 valence electrons. The number of fused-ring (bicyclic) bond motifs is 1. The van der Waals surface area contributed by atoms with Crippen molar-refractivity contribution in [1.82, 2.24) is 4.98 Å². The Kier molecular flexibility index (Phi) is 5.78. The Morgan fingerprint density at radius 2 is 2.07 bits per heavy atom. The van der Waals surface area contributed by atoms with Crippen molar-refractivity contribution in [2.75, 3.05) is 12.4 Å². The molecule has 0 unspecified atom stereocenters. The summed E-state index contributed by atoms with van der Waals surface area (Å²) >= 11 is 4.90. The van der Waals surface area contributed by atoms with Crippen molar-refractivity contribution in [3.8, 4) is 5.75 Å². The quantitative estimate of drug-likeness (QED) is 0.357. The molecule has 0 saturated heterocycles. The number of ether oxygens (including phenoxy) is 1. The maximum atomic E-state index is 12.2. The number of benzene rings is 2. The van der Waals surface area contributed by atoms with E-state index in [1.807, 2.05) is 36.4 Å². The number of halogens is 1. The van der Waals surface area contributed by atoms with Crippen LogP contribution in [0.1, 0.15) is 16.2 Å². The van der Waals surface area contributed by atoms with Crippen molar-refractivity contribution in [2.24, 2.45) is 0 Å². The topological polar surface area (TPSA) is 64.4 Å². The van der Waals surface area contributed by atoms with E-state index in [2.05, 4.69) is 38.4 Å². The highest BCUT2D eigenvalue weighted by Gasteiger charge is 2.07. The second kappa shape index (κ2) is 8.63. The second-order valence-electron chi connectivity index (χ2n) is 6.31. The lowest BCUT2D eigenvalue weighted by molar-refractivity contribution is -0.111. The number of rotatable bonds is 6. The summed E-state index contributed by atoms with van der Waals surface area (Å²) in [7, 11) is 1.62. The normalized spacial score (nSPS) is 11.2. The van der Waals surface area contributed by atoms with Crippen LogP contribution in [-0.2, 0) is 11.2 Å². The van der Waals surface area contributed by atoms with Crippen LogP contribution in [0.15, 0.2) is 69.7 Å². The first-order chi connectivity index (χ1) is 14.1. The molecule has 4 aromatic rings. The molecule has 4 rings (SSSR count). The number of nitrogens with zero attached hydrogens (tertiary/aromatic N) is 1. The first-order valence-electron chi connectivity index (χ1n) is 8.85. The van der Waals surface area contributed by atoms with E-state index in [1.54, 1.807) is 19.4 Å². The Labute approximate surface area is 180 Å². The van der Waals surface area contributed by atoms with Crippen molar-refractivity contribution in [3.05, 3.63) is 81.5 Å². The molecule has 0 atom stereocenters. The Morgan fingerprint density at radius 1 is 1.24 bits per heavy atom. The number of hydrogen-bond acceptors (Lipinski definition) is 5. The van der Waals surface area contributed by atoms with Crippen LogP contribution in [0.3, 0.4) is 0 Å². The zero-order valence-electron chi connectivity index (χ0n) is 15.5. The van der Waals surface area contributed by atoms with Gasteiger partial charge in [0.1, 0.15) is 17.1 Å². The predicted molar refractivity (Wildman–Crippen MR) is 119 cm³/mol. The first-order valence-corrected chi connectivity index (χ1v) is 10.5. The van der Waals surface area contributed by atoms with Crippen molar-refractivity contribution < 1.29 is 13.9 Å². The summed E-state index contributed by atoms with van der Waals surface area (Å²) in [5.41, 5.74) is 1.93. The standard InChI is InChI=1S/C22H17BrN2O3S/c1-27-17-6-8-20-15(11-17)12-18(28-20)7-9-21(26)25-22-24-13-19(29-22)10-14-2-4-16(23)5-3-14/h2-9,11-13H,10H2,1H3,(H,24,25,26)/b9-7+. The predicted octanol–water partition coefficient (Wildman–Crippen LogP) is 5.90. The molecule has 0 radical (unpaired) electrons. The molecule has 29 heavy (non-hydrogen) atoms. The number of amides is 1. The number of hydrogen-bond donors (Lipinski definition) is 1. The van der Waals surface area contributed by atoms with Crippen molar-refractivity contribution in [3.63, 3.8) is 0 Å². The highest BCUT2D eigenvalue weighted by atomic mass is 79.9. The van der Waals surface area contributed by atoms with Gasteiger partial charge in [-0.3, -0.25) is 10.1 Å². The van der Waals surface area contributed by atoms with Crippen LogP contribution in [0, 0.1) is 0 Å². The fraction of sp³-hybridized carbons (Fsp3) is 0.0909. The van der Waals surface area contributed by atoms with Crippen molar-refractivity contribution in [1.29, 1.82) is 0 Å². The molecule has 1 N–H and O–H groups in total. The van der Waals surface area contributed by atoms with E-state index < -0.39 is 0 Å². The maximum Gasteiger partial charge on any atom is 0.250 e. The summed E-state index contributed by atoms with van der Waals surface area (Å²) in [4.78, 5) is 17.6. The third kappa shape index (κ3) is 4.93. The molecular weight excluding hydrogens is 452 g/mol. The highest BCUT2D eigenvalue weighted by molar-refractivity contribution is 9.10. The van der Waals surface area contributed by atoms with Crippen molar-refractivity contribution >= 4 is 55.4 Å². The third-order valence-corrected chi connectivity index (χ3v) is 5.66. The van der Waals surface area contributed by atoms with Gasteiger partial charge in [0, 0.05) is 33.4 Å². The van der Waals surface area contributed by atoms with Crippen LogP contribution in [-0.4, -0.2) is 18.0 Å². The van der Waals surface area contributed by atoms with E-state index in [1.165, 1.54) is 23.0 Å². The number of furan rings is 1. The molecule has 1 amide bonds. The van der Waals surface area contributed by atoms with Gasteiger partial charge >= 0.3 is 0 Å². The fourth-order valence-corrected chi connectivity index (χ4v) is 3.92. The number of methoxy groups -OCH3 is 1. The van der Waals surface area contributed by atoms with E-state index in [0.717, 1.165) is 32.5 Å². The van der Waals surface area contributed by atoms with Gasteiger partial charge in [0.25, 0.3) is 0 Å². The molecule has 0 fully saturated rings. The Bertz CT molecular complexity index is 1180. The number of thiazole rings is 1. The number of aromatic nitrogens is 1. The zero-order chi connectivity index (χ0) is 20.2. The molecule has 0 saturated carbocycles. The summed E-state index contributed by atoms with van der Waals surface area (Å²) in [6.07, 6.45) is 5.64. The minimum atomic E-state index is -0.257. The smallest absolute Gasteiger partial charge is 0.250 e. The molecule has 7 heteroatoms. The lowest BCUT2D eigenvalue weighted by atomic mass is 10.1. The van der Waals surface area contributed by atoms with Crippen LogP contribution in [0.4, 0.5) is 5.13 Å². The van der Waals surface area contributed by atoms with Crippen LogP contribution < -0.4 is 10.1 Å². The molecule has 2 aromatic carbocycles. The largest absolute Gasteiger partial charge is 0.497 e. The molecule has 5 nitrogen and oxygen atoms in total. The minimum Gasteiger partial charge on any atom is -0.497 e. The average molecular weight is 469 g/mol. The van der Waals surface area contributed by atoms with Crippen LogP contribution in [0.5, 0.6) is 5.75 Å². The van der Waals surface area contributed by atoms with E-state index in [4.69, 9.17) is 9.15 Å². The molecule has 2 heterocycles. The molecule has 0 aliphatic rings. The van der Waals surface area contributed by atoms with Gasteiger partial charge in [-0.25, -0.2) is 4.98 Å². The Balaban J connectivity index is 1.38. The summed E-state index contributed by atoms with van der Waals surface area (Å²) in [6, 6.07) is 15.6. The van der Waals surface area contributed by atoms with Gasteiger partial charge in [-0.05, 0) is 48.0 Å². The Morgan fingerprint density at radius 3 is 2.86 bits per heavy atom. The van der Waals surface area contributed by atoms with Crippen LogP contribution in [0.25, 0.3) is 17.0 Å². The van der Waals surface area contributed by atoms with E-state index in [-0.39, 0.29) is 5.91 Å². The van der Waals surface area contributed by atoms with E-state index in [9.17, 15) is 4.79 Å². The summed E-state index contributed by atoms with van der Waals surface area (Å²) in [5, 5.41) is 4.28. The van der Waals surface area contributed by atoms with Gasteiger partial charge in [-0.15, -0.1) is 11.3 Å². The van der Waals surface area contributed by atoms with E-state index >= 15 is 0 Å². The maximum absolute atomic E-state index is 12.2. The fourth-order valence-electron chi connectivity index (χ4n) is 2.81. The molecule has 0 aliphatic carbocycles. The SMILES string of the molecule is COc1ccc2oc(/C=C/C(=O)Nc3ncc(Cc4ccc(Br)cc4)s3)cc2c1. The first kappa shape index (κ1) is 19.4. The molecule has 0 aliphatic heterocycles. The van der Waals surface area contributed by atoms with Crippen molar-refractivity contribution in [2.45, 2.75) is 6.42 Å². The molecule has 2 aromatic heterocycles. The van der Waals surface area contributed by atoms with Gasteiger partial charge in [0.05, 0.1) is 7.11 Å². The zero-order valence-corrected chi connectivity index (χ0v) is 17.9. The van der Waals surface area contributed by atoms with Crippen LogP contribution in [0.2, 0.25) is 0 Å². The van der Waals surface area contributed by atoms with E-state index in [0.29, 0.717) is 10.9 Å². The Hall–Kier alpha value is -2.90. The molecule has 0 bridgehead atoms. The number of carbonyl (C=O) groups is 1. The molecule has 0 spiro atoms. The summed E-state index contributed by atoms with van der Waals surface area (Å²) in [5.74, 6) is 1.10. The van der Waals surface area contributed by atoms with Crippen LogP contribution >= 0.6 is 27.3 Å². The number of nitrogens with one attached hydrogen (secondary N) is 1. The lowest BCUT2D eigenvalue weighted by Gasteiger charge is -1.98. The van der Waals surface area contributed by atoms with Gasteiger partial charge in [0.15, 0.2) is 5.13 Å². The van der Waals surface area contributed by atoms with Gasteiger partial charge in [-0.1, -0.05) is 28.1 Å². The summed E-state index contributed by atoms with van der Waals surface area (Å²) < 4.78 is 12.0. The number of anilines is 1. The summed E-state index contributed by atoms with van der Waals surface area (Å²) in [6.45, 7) is 0. The third-order valence-electron chi connectivity index (χ3n) is 4.22. The monoisotopic (exact) mass is 468 g/mol.